The summed E-state index contributed by atoms with van der Waals surface area (Å²) in [5.41, 5.74) is 3.59. The SMILES string of the molecule is Fc1cc2c(cc1F)[C@@H]1[C@@H](OCc3ccccc3)[C@H](OCc3ccccc3)[C@H](COCc3ccccc3)N1O2. The number of rotatable bonds is 10. The molecule has 2 aliphatic rings. The van der Waals surface area contributed by atoms with Crippen LogP contribution in [0.3, 0.4) is 0 Å². The van der Waals surface area contributed by atoms with Crippen LogP contribution in [0.25, 0.3) is 0 Å². The van der Waals surface area contributed by atoms with Crippen LogP contribution in [-0.2, 0) is 34.0 Å². The Morgan fingerprint density at radius 1 is 0.641 bits per heavy atom. The molecule has 4 aromatic rings. The monoisotopic (exact) mass is 529 g/mol. The smallest absolute Gasteiger partial charge is 0.162 e. The number of hydrogen-bond acceptors (Lipinski definition) is 5. The maximum Gasteiger partial charge on any atom is 0.162 e. The second-order valence-electron chi connectivity index (χ2n) is 9.79. The molecule has 1 saturated heterocycles. The molecule has 2 aliphatic heterocycles. The van der Waals surface area contributed by atoms with Crippen LogP contribution in [0.2, 0.25) is 0 Å². The van der Waals surface area contributed by atoms with Gasteiger partial charge in [-0.05, 0) is 22.8 Å². The predicted molar refractivity (Wildman–Crippen MR) is 141 cm³/mol. The second-order valence-corrected chi connectivity index (χ2v) is 9.79. The van der Waals surface area contributed by atoms with E-state index in [0.29, 0.717) is 25.4 Å². The number of ether oxygens (including phenoxy) is 3. The van der Waals surface area contributed by atoms with Crippen LogP contribution in [-0.4, -0.2) is 29.9 Å². The molecular formula is C32H29F2NO4. The van der Waals surface area contributed by atoms with Crippen molar-refractivity contribution in [2.75, 3.05) is 6.61 Å². The minimum atomic E-state index is -0.953. The van der Waals surface area contributed by atoms with Gasteiger partial charge < -0.3 is 19.0 Å². The standard InChI is InChI=1S/C32H29F2NO4/c33-26-16-25-29(17-27(26)34)39-35-28(21-36-18-22-10-4-1-5-11-22)31(37-19-23-12-6-2-7-13-23)32(30(25)35)38-20-24-14-8-3-9-15-24/h1-17,28,30-32H,18-21H2/t28-,30+,31+,32+/m0/s1. The maximum absolute atomic E-state index is 14.4. The topological polar surface area (TPSA) is 40.2 Å². The number of hydrogen-bond donors (Lipinski definition) is 0. The molecule has 0 radical (unpaired) electrons. The molecule has 0 aliphatic carbocycles. The fraction of sp³-hybridized carbons (Fsp3) is 0.250. The highest BCUT2D eigenvalue weighted by molar-refractivity contribution is 5.42. The molecule has 0 spiro atoms. The zero-order valence-corrected chi connectivity index (χ0v) is 21.3. The van der Waals surface area contributed by atoms with Crippen molar-refractivity contribution >= 4 is 0 Å². The van der Waals surface area contributed by atoms with E-state index in [2.05, 4.69) is 0 Å². The van der Waals surface area contributed by atoms with Crippen LogP contribution in [0.15, 0.2) is 103 Å². The fourth-order valence-corrected chi connectivity index (χ4v) is 5.27. The molecule has 7 heteroatoms. The van der Waals surface area contributed by atoms with E-state index in [9.17, 15) is 8.78 Å². The van der Waals surface area contributed by atoms with E-state index in [1.165, 1.54) is 6.07 Å². The molecule has 2 heterocycles. The summed E-state index contributed by atoms with van der Waals surface area (Å²) >= 11 is 0. The summed E-state index contributed by atoms with van der Waals surface area (Å²) in [6.07, 6.45) is -0.985. The number of nitrogens with zero attached hydrogens (tertiary/aromatic N) is 1. The zero-order valence-electron chi connectivity index (χ0n) is 21.3. The molecule has 0 bridgehead atoms. The number of benzene rings is 4. The molecule has 0 unspecified atom stereocenters. The third-order valence-electron chi connectivity index (χ3n) is 7.16. The fourth-order valence-electron chi connectivity index (χ4n) is 5.27. The van der Waals surface area contributed by atoms with Crippen molar-refractivity contribution in [2.24, 2.45) is 0 Å². The minimum absolute atomic E-state index is 0.273. The zero-order chi connectivity index (χ0) is 26.6. The molecule has 4 atom stereocenters. The van der Waals surface area contributed by atoms with Crippen molar-refractivity contribution in [3.8, 4) is 5.75 Å². The van der Waals surface area contributed by atoms with Gasteiger partial charge >= 0.3 is 0 Å². The Morgan fingerprint density at radius 3 is 1.74 bits per heavy atom. The summed E-state index contributed by atoms with van der Waals surface area (Å²) in [5.74, 6) is -1.60. The molecule has 4 aromatic carbocycles. The first-order chi connectivity index (χ1) is 19.2. The maximum atomic E-state index is 14.4. The van der Waals surface area contributed by atoms with Gasteiger partial charge in [0.2, 0.25) is 0 Å². The highest BCUT2D eigenvalue weighted by Crippen LogP contribution is 2.49. The molecular weight excluding hydrogens is 500 g/mol. The Labute approximate surface area is 226 Å². The first-order valence-electron chi connectivity index (χ1n) is 13.1. The molecule has 0 amide bonds. The van der Waals surface area contributed by atoms with Crippen LogP contribution >= 0.6 is 0 Å². The van der Waals surface area contributed by atoms with Gasteiger partial charge in [-0.2, -0.15) is 0 Å². The van der Waals surface area contributed by atoms with E-state index < -0.39 is 29.9 Å². The van der Waals surface area contributed by atoms with Gasteiger partial charge in [0.1, 0.15) is 18.2 Å². The van der Waals surface area contributed by atoms with Crippen LogP contribution in [0.5, 0.6) is 5.75 Å². The molecule has 39 heavy (non-hydrogen) atoms. The lowest BCUT2D eigenvalue weighted by atomic mass is 9.99. The van der Waals surface area contributed by atoms with Gasteiger partial charge in [0.15, 0.2) is 17.4 Å². The molecule has 0 saturated carbocycles. The molecule has 0 aromatic heterocycles. The molecule has 6 rings (SSSR count). The van der Waals surface area contributed by atoms with Crippen molar-refractivity contribution in [2.45, 2.75) is 44.1 Å². The summed E-state index contributed by atoms with van der Waals surface area (Å²) in [7, 11) is 0. The van der Waals surface area contributed by atoms with Gasteiger partial charge in [-0.1, -0.05) is 91.0 Å². The second kappa shape index (κ2) is 11.6. The summed E-state index contributed by atoms with van der Waals surface area (Å²) in [6.45, 7) is 1.37. The third kappa shape index (κ3) is 5.58. The largest absolute Gasteiger partial charge is 0.404 e. The quantitative estimate of drug-likeness (QED) is 0.238. The summed E-state index contributed by atoms with van der Waals surface area (Å²) in [6, 6.07) is 31.0. The number of hydroxylamine groups is 2. The minimum Gasteiger partial charge on any atom is -0.404 e. The molecule has 5 nitrogen and oxygen atoms in total. The Balaban J connectivity index is 1.30. The van der Waals surface area contributed by atoms with Crippen LogP contribution in [0.1, 0.15) is 28.3 Å². The van der Waals surface area contributed by atoms with Gasteiger partial charge in [0.25, 0.3) is 0 Å². The van der Waals surface area contributed by atoms with Crippen LogP contribution in [0.4, 0.5) is 8.78 Å². The molecule has 1 fully saturated rings. The third-order valence-corrected chi connectivity index (χ3v) is 7.16. The highest BCUT2D eigenvalue weighted by Gasteiger charge is 2.57. The first-order valence-corrected chi connectivity index (χ1v) is 13.1. The Morgan fingerprint density at radius 2 is 1.15 bits per heavy atom. The lowest BCUT2D eigenvalue weighted by Crippen LogP contribution is -2.42. The number of fused-ring (bicyclic) bond motifs is 3. The lowest BCUT2D eigenvalue weighted by molar-refractivity contribution is -0.125. The summed E-state index contributed by atoms with van der Waals surface area (Å²) in [5, 5.41) is 1.74. The highest BCUT2D eigenvalue weighted by atomic mass is 19.2. The van der Waals surface area contributed by atoms with E-state index in [4.69, 9.17) is 19.0 Å². The molecule has 200 valence electrons. The average Bonchev–Trinajstić information content (AvgIpc) is 3.46. The Hall–Kier alpha value is -3.62. The Kier molecular flexibility index (Phi) is 7.65. The predicted octanol–water partition coefficient (Wildman–Crippen LogP) is 6.39. The van der Waals surface area contributed by atoms with Crippen molar-refractivity contribution in [3.63, 3.8) is 0 Å². The van der Waals surface area contributed by atoms with Gasteiger partial charge in [0, 0.05) is 11.6 Å². The van der Waals surface area contributed by atoms with Crippen molar-refractivity contribution < 1.29 is 27.8 Å². The lowest BCUT2D eigenvalue weighted by Gasteiger charge is -2.27. The average molecular weight is 530 g/mol. The molecule has 0 N–H and O–H groups in total. The van der Waals surface area contributed by atoms with E-state index in [1.807, 2.05) is 91.0 Å². The van der Waals surface area contributed by atoms with Gasteiger partial charge in [0.05, 0.1) is 32.5 Å². The first kappa shape index (κ1) is 25.6. The van der Waals surface area contributed by atoms with Gasteiger partial charge in [-0.15, -0.1) is 5.06 Å². The summed E-state index contributed by atoms with van der Waals surface area (Å²) in [4.78, 5) is 6.13. The number of halogens is 2. The normalized spacial score (nSPS) is 21.9. The van der Waals surface area contributed by atoms with Crippen LogP contribution in [0, 0.1) is 11.6 Å². The van der Waals surface area contributed by atoms with E-state index >= 15 is 0 Å². The van der Waals surface area contributed by atoms with E-state index in [-0.39, 0.29) is 18.4 Å². The van der Waals surface area contributed by atoms with Crippen molar-refractivity contribution in [1.82, 2.24) is 5.06 Å². The van der Waals surface area contributed by atoms with Gasteiger partial charge in [-0.25, -0.2) is 8.78 Å². The van der Waals surface area contributed by atoms with E-state index in [1.54, 1.807) is 5.06 Å². The summed E-state index contributed by atoms with van der Waals surface area (Å²) < 4.78 is 47.7. The Bertz CT molecular complexity index is 1370. The van der Waals surface area contributed by atoms with Crippen LogP contribution < -0.4 is 4.84 Å². The van der Waals surface area contributed by atoms with E-state index in [0.717, 1.165) is 22.8 Å². The van der Waals surface area contributed by atoms with Crippen molar-refractivity contribution in [1.29, 1.82) is 0 Å². The van der Waals surface area contributed by atoms with Gasteiger partial charge in [-0.3, -0.25) is 0 Å². The van der Waals surface area contributed by atoms with Crippen molar-refractivity contribution in [3.05, 3.63) is 137 Å².